The maximum Gasteiger partial charge on any atom is 0.271 e. The molecule has 2 rings (SSSR count). The molecule has 0 bridgehead atoms. The summed E-state index contributed by atoms with van der Waals surface area (Å²) in [7, 11) is 1.97. The number of likely N-dealkylation sites (N-methyl/N-ethyl adjacent to an activating group) is 1. The molecule has 1 atom stereocenters. The van der Waals surface area contributed by atoms with Gasteiger partial charge < -0.3 is 5.32 Å². The molecule has 1 N–H and O–H groups in total. The van der Waals surface area contributed by atoms with E-state index >= 15 is 0 Å². The molecule has 6 nitrogen and oxygen atoms in total. The SMILES string of the molecule is CC(C(=O)Nc1ccc([N+](=O)[O-])cc1Cl)N(C)C1CCCCC1. The molecule has 7 heteroatoms. The molecule has 1 aromatic rings. The van der Waals surface area contributed by atoms with Crippen LogP contribution < -0.4 is 5.32 Å². The molecule has 0 heterocycles. The summed E-state index contributed by atoms with van der Waals surface area (Å²) in [5.74, 6) is -0.158. The summed E-state index contributed by atoms with van der Waals surface area (Å²) in [6.45, 7) is 1.86. The van der Waals surface area contributed by atoms with Crippen LogP contribution in [0.4, 0.5) is 11.4 Å². The number of hydrogen-bond donors (Lipinski definition) is 1. The Morgan fingerprint density at radius 3 is 2.61 bits per heavy atom. The number of nitrogens with one attached hydrogen (secondary N) is 1. The van der Waals surface area contributed by atoms with Gasteiger partial charge in [-0.05, 0) is 32.9 Å². The van der Waals surface area contributed by atoms with Gasteiger partial charge >= 0.3 is 0 Å². The zero-order chi connectivity index (χ0) is 17.0. The van der Waals surface area contributed by atoms with Gasteiger partial charge in [0.1, 0.15) is 0 Å². The first-order valence-corrected chi connectivity index (χ1v) is 8.24. The summed E-state index contributed by atoms with van der Waals surface area (Å²) >= 11 is 6.02. The normalized spacial score (nSPS) is 17.0. The second-order valence-electron chi connectivity index (χ2n) is 6.04. The van der Waals surface area contributed by atoms with E-state index in [1.54, 1.807) is 0 Å². The van der Waals surface area contributed by atoms with Crippen LogP contribution in [0.15, 0.2) is 18.2 Å². The fourth-order valence-electron chi connectivity index (χ4n) is 2.95. The van der Waals surface area contributed by atoms with Gasteiger partial charge in [0, 0.05) is 18.2 Å². The number of nitro groups is 1. The van der Waals surface area contributed by atoms with Crippen molar-refractivity contribution in [3.8, 4) is 0 Å². The minimum Gasteiger partial charge on any atom is -0.323 e. The number of nitrogens with zero attached hydrogens (tertiary/aromatic N) is 2. The van der Waals surface area contributed by atoms with Crippen molar-refractivity contribution in [1.29, 1.82) is 0 Å². The zero-order valence-corrected chi connectivity index (χ0v) is 14.2. The number of hydrogen-bond acceptors (Lipinski definition) is 4. The largest absolute Gasteiger partial charge is 0.323 e. The van der Waals surface area contributed by atoms with Crippen LogP contribution in [-0.2, 0) is 4.79 Å². The molecule has 1 amide bonds. The highest BCUT2D eigenvalue weighted by Crippen LogP contribution is 2.27. The second-order valence-corrected chi connectivity index (χ2v) is 6.45. The van der Waals surface area contributed by atoms with E-state index in [1.807, 2.05) is 14.0 Å². The highest BCUT2D eigenvalue weighted by molar-refractivity contribution is 6.34. The van der Waals surface area contributed by atoms with Crippen molar-refractivity contribution in [2.75, 3.05) is 12.4 Å². The molecule has 1 aliphatic carbocycles. The third kappa shape index (κ3) is 4.42. The number of anilines is 1. The lowest BCUT2D eigenvalue weighted by Gasteiger charge is -2.34. The molecule has 1 fully saturated rings. The third-order valence-electron chi connectivity index (χ3n) is 4.56. The smallest absolute Gasteiger partial charge is 0.271 e. The van der Waals surface area contributed by atoms with E-state index in [4.69, 9.17) is 11.6 Å². The number of benzene rings is 1. The number of halogens is 1. The van der Waals surface area contributed by atoms with E-state index in [9.17, 15) is 14.9 Å². The number of rotatable bonds is 5. The van der Waals surface area contributed by atoms with Crippen molar-refractivity contribution in [1.82, 2.24) is 4.90 Å². The third-order valence-corrected chi connectivity index (χ3v) is 4.88. The van der Waals surface area contributed by atoms with Gasteiger partial charge in [-0.3, -0.25) is 19.8 Å². The summed E-state index contributed by atoms with van der Waals surface area (Å²) in [6.07, 6.45) is 5.91. The Morgan fingerprint density at radius 2 is 2.04 bits per heavy atom. The minimum atomic E-state index is -0.517. The number of amides is 1. The Balaban J connectivity index is 2.01. The predicted molar refractivity (Wildman–Crippen MR) is 90.8 cm³/mol. The molecular weight excluding hydrogens is 318 g/mol. The Hall–Kier alpha value is -1.66. The standard InChI is InChI=1S/C16H22ClN3O3/c1-11(19(2)12-6-4-3-5-7-12)16(21)18-15-9-8-13(20(22)23)10-14(15)17/h8-12H,3-7H2,1-2H3,(H,18,21). The number of non-ortho nitro benzene ring substituents is 1. The first-order valence-electron chi connectivity index (χ1n) is 7.87. The van der Waals surface area contributed by atoms with E-state index in [-0.39, 0.29) is 22.7 Å². The van der Waals surface area contributed by atoms with E-state index in [1.165, 1.54) is 37.5 Å². The van der Waals surface area contributed by atoms with Crippen LogP contribution in [0.25, 0.3) is 0 Å². The first-order chi connectivity index (χ1) is 10.9. The Kier molecular flexibility index (Phi) is 5.96. The summed E-state index contributed by atoms with van der Waals surface area (Å²) in [5.41, 5.74) is 0.298. The van der Waals surface area contributed by atoms with Crippen LogP contribution in [0.5, 0.6) is 0 Å². The maximum atomic E-state index is 12.4. The summed E-state index contributed by atoms with van der Waals surface area (Å²) in [5, 5.41) is 13.6. The monoisotopic (exact) mass is 339 g/mol. The highest BCUT2D eigenvalue weighted by Gasteiger charge is 2.26. The zero-order valence-electron chi connectivity index (χ0n) is 13.4. The predicted octanol–water partition coefficient (Wildman–Crippen LogP) is 3.84. The van der Waals surface area contributed by atoms with Gasteiger partial charge in [0.05, 0.1) is 21.7 Å². The second kappa shape index (κ2) is 7.75. The van der Waals surface area contributed by atoms with Crippen molar-refractivity contribution in [2.24, 2.45) is 0 Å². The van der Waals surface area contributed by atoms with E-state index in [0.29, 0.717) is 11.7 Å². The van der Waals surface area contributed by atoms with Crippen LogP contribution in [0.3, 0.4) is 0 Å². The fraction of sp³-hybridized carbons (Fsp3) is 0.562. The first kappa shape index (κ1) is 17.7. The van der Waals surface area contributed by atoms with Gasteiger partial charge in [-0.25, -0.2) is 0 Å². The molecule has 23 heavy (non-hydrogen) atoms. The van der Waals surface area contributed by atoms with Gasteiger partial charge in [0.2, 0.25) is 5.91 Å². The van der Waals surface area contributed by atoms with Crippen LogP contribution >= 0.6 is 11.6 Å². The lowest BCUT2D eigenvalue weighted by Crippen LogP contribution is -2.46. The molecule has 1 aliphatic rings. The van der Waals surface area contributed by atoms with Gasteiger partial charge in [-0.15, -0.1) is 0 Å². The molecule has 1 saturated carbocycles. The fourth-order valence-corrected chi connectivity index (χ4v) is 3.17. The Bertz CT molecular complexity index is 588. The van der Waals surface area contributed by atoms with Gasteiger partial charge in [-0.2, -0.15) is 0 Å². The lowest BCUT2D eigenvalue weighted by molar-refractivity contribution is -0.384. The highest BCUT2D eigenvalue weighted by atomic mass is 35.5. The lowest BCUT2D eigenvalue weighted by atomic mass is 9.93. The minimum absolute atomic E-state index is 0.0969. The van der Waals surface area contributed by atoms with Crippen LogP contribution in [-0.4, -0.2) is 34.9 Å². The maximum absolute atomic E-state index is 12.4. The van der Waals surface area contributed by atoms with Crippen molar-refractivity contribution in [3.05, 3.63) is 33.3 Å². The molecule has 0 saturated heterocycles. The average Bonchev–Trinajstić information content (AvgIpc) is 2.55. The van der Waals surface area contributed by atoms with Crippen molar-refractivity contribution < 1.29 is 9.72 Å². The van der Waals surface area contributed by atoms with Crippen molar-refractivity contribution in [2.45, 2.75) is 51.1 Å². The molecule has 1 aromatic carbocycles. The van der Waals surface area contributed by atoms with Crippen molar-refractivity contribution in [3.63, 3.8) is 0 Å². The average molecular weight is 340 g/mol. The summed E-state index contributed by atoms with van der Waals surface area (Å²) in [4.78, 5) is 24.7. The molecule has 0 aliphatic heterocycles. The molecule has 0 aromatic heterocycles. The number of carbonyl (C=O) groups excluding carboxylic acids is 1. The van der Waals surface area contributed by atoms with Gasteiger partial charge in [0.25, 0.3) is 5.69 Å². The molecule has 0 spiro atoms. The van der Waals surface area contributed by atoms with Crippen LogP contribution in [0, 0.1) is 10.1 Å². The molecular formula is C16H22ClN3O3. The summed E-state index contributed by atoms with van der Waals surface area (Å²) in [6, 6.07) is 4.18. The molecule has 0 radical (unpaired) electrons. The van der Waals surface area contributed by atoms with Gasteiger partial charge in [-0.1, -0.05) is 30.9 Å². The number of carbonyl (C=O) groups is 1. The van der Waals surface area contributed by atoms with E-state index in [2.05, 4.69) is 10.2 Å². The van der Waals surface area contributed by atoms with Crippen molar-refractivity contribution >= 4 is 28.9 Å². The van der Waals surface area contributed by atoms with Crippen LogP contribution in [0.2, 0.25) is 5.02 Å². The van der Waals surface area contributed by atoms with Crippen LogP contribution in [0.1, 0.15) is 39.0 Å². The van der Waals surface area contributed by atoms with Gasteiger partial charge in [0.15, 0.2) is 0 Å². The summed E-state index contributed by atoms with van der Waals surface area (Å²) < 4.78 is 0. The van der Waals surface area contributed by atoms with E-state index < -0.39 is 4.92 Å². The Morgan fingerprint density at radius 1 is 1.39 bits per heavy atom. The Labute approximate surface area is 141 Å². The van der Waals surface area contributed by atoms with E-state index in [0.717, 1.165) is 12.8 Å². The molecule has 126 valence electrons. The topological polar surface area (TPSA) is 75.5 Å². The number of nitro benzene ring substituents is 1. The molecule has 1 unspecified atom stereocenters. The quantitative estimate of drug-likeness (QED) is 0.653.